The summed E-state index contributed by atoms with van der Waals surface area (Å²) in [5.74, 6) is -1.00. The molecule has 1 aromatic carbocycles. The molecule has 3 nitrogen and oxygen atoms in total. The van der Waals surface area contributed by atoms with Crippen molar-refractivity contribution in [2.24, 2.45) is 0 Å². The van der Waals surface area contributed by atoms with Crippen molar-refractivity contribution in [1.82, 2.24) is 5.32 Å². The third-order valence-corrected chi connectivity index (χ3v) is 1.62. The molecular formula is C10H11NO2. The van der Waals surface area contributed by atoms with Crippen LogP contribution in [0.25, 0.3) is 0 Å². The van der Waals surface area contributed by atoms with Crippen LogP contribution < -0.4 is 5.32 Å². The molecule has 1 aromatic rings. The highest BCUT2D eigenvalue weighted by Crippen LogP contribution is 1.96. The maximum absolute atomic E-state index is 10.9. The Hall–Kier alpha value is -1.64. The van der Waals surface area contributed by atoms with Gasteiger partial charge in [-0.15, -0.1) is 0 Å². The fourth-order valence-corrected chi connectivity index (χ4v) is 0.903. The third-order valence-electron chi connectivity index (χ3n) is 1.62. The molecule has 0 bridgehead atoms. The predicted octanol–water partition coefficient (Wildman–Crippen LogP) is 0.892. The number of hydrogen-bond donors (Lipinski definition) is 1. The van der Waals surface area contributed by atoms with Crippen LogP contribution in [0, 0.1) is 0 Å². The molecule has 13 heavy (non-hydrogen) atoms. The zero-order valence-corrected chi connectivity index (χ0v) is 7.41. The number of ketones is 1. The largest absolute Gasteiger partial charge is 0.345 e. The second-order valence-electron chi connectivity index (χ2n) is 2.72. The molecule has 0 unspecified atom stereocenters. The summed E-state index contributed by atoms with van der Waals surface area (Å²) in [5.41, 5.74) is 0.983. The molecule has 0 aliphatic rings. The Morgan fingerprint density at radius 1 is 1.23 bits per heavy atom. The predicted molar refractivity (Wildman–Crippen MR) is 49.0 cm³/mol. The molecule has 0 spiro atoms. The first-order valence-electron chi connectivity index (χ1n) is 4.03. The lowest BCUT2D eigenvalue weighted by molar-refractivity contribution is -0.136. The number of amides is 1. The van der Waals surface area contributed by atoms with Crippen molar-refractivity contribution >= 4 is 11.7 Å². The first-order chi connectivity index (χ1) is 6.20. The highest BCUT2D eigenvalue weighted by atomic mass is 16.2. The lowest BCUT2D eigenvalue weighted by Gasteiger charge is -2.01. The van der Waals surface area contributed by atoms with Gasteiger partial charge < -0.3 is 5.32 Å². The van der Waals surface area contributed by atoms with E-state index >= 15 is 0 Å². The topological polar surface area (TPSA) is 46.2 Å². The molecule has 0 atom stereocenters. The molecule has 1 amide bonds. The van der Waals surface area contributed by atoms with E-state index in [1.165, 1.54) is 6.92 Å². The van der Waals surface area contributed by atoms with E-state index in [2.05, 4.69) is 5.32 Å². The fourth-order valence-electron chi connectivity index (χ4n) is 0.903. The molecule has 0 aromatic heterocycles. The Kier molecular flexibility index (Phi) is 3.20. The summed E-state index contributed by atoms with van der Waals surface area (Å²) in [6, 6.07) is 9.45. The molecule has 68 valence electrons. The van der Waals surface area contributed by atoms with E-state index in [-0.39, 0.29) is 0 Å². The zero-order valence-electron chi connectivity index (χ0n) is 7.41. The molecule has 0 saturated heterocycles. The van der Waals surface area contributed by atoms with Gasteiger partial charge in [0.2, 0.25) is 5.78 Å². The van der Waals surface area contributed by atoms with Crippen molar-refractivity contribution in [3.05, 3.63) is 35.9 Å². The van der Waals surface area contributed by atoms with Gasteiger partial charge in [-0.25, -0.2) is 0 Å². The van der Waals surface area contributed by atoms with Crippen LogP contribution in [0.4, 0.5) is 0 Å². The Morgan fingerprint density at radius 3 is 2.38 bits per heavy atom. The van der Waals surface area contributed by atoms with Gasteiger partial charge in [-0.05, 0) is 5.56 Å². The van der Waals surface area contributed by atoms with Gasteiger partial charge in [0.15, 0.2) is 0 Å². The van der Waals surface area contributed by atoms with Gasteiger partial charge in [0.05, 0.1) is 0 Å². The van der Waals surface area contributed by atoms with Gasteiger partial charge in [-0.3, -0.25) is 9.59 Å². The van der Waals surface area contributed by atoms with Crippen LogP contribution in [0.5, 0.6) is 0 Å². The third kappa shape index (κ3) is 3.07. The van der Waals surface area contributed by atoms with Crippen molar-refractivity contribution in [1.29, 1.82) is 0 Å². The lowest BCUT2D eigenvalue weighted by atomic mass is 10.2. The molecule has 1 rings (SSSR count). The summed E-state index contributed by atoms with van der Waals surface area (Å²) in [6.07, 6.45) is 0. The minimum atomic E-state index is -0.538. The lowest BCUT2D eigenvalue weighted by Crippen LogP contribution is -2.28. The zero-order chi connectivity index (χ0) is 9.68. The van der Waals surface area contributed by atoms with Crippen LogP contribution >= 0.6 is 0 Å². The quantitative estimate of drug-likeness (QED) is 0.697. The standard InChI is InChI=1S/C10H11NO2/c1-8(12)10(13)11-7-9-5-3-2-4-6-9/h2-6H,7H2,1H3,(H,11,13). The van der Waals surface area contributed by atoms with E-state index in [9.17, 15) is 9.59 Å². The maximum Gasteiger partial charge on any atom is 0.287 e. The van der Waals surface area contributed by atoms with E-state index in [0.29, 0.717) is 6.54 Å². The minimum absolute atomic E-state index is 0.402. The van der Waals surface area contributed by atoms with E-state index in [1.54, 1.807) is 0 Å². The van der Waals surface area contributed by atoms with Gasteiger partial charge in [-0.1, -0.05) is 30.3 Å². The molecule has 0 fully saturated rings. The SMILES string of the molecule is CC(=O)C(=O)NCc1ccccc1. The molecular weight excluding hydrogens is 166 g/mol. The maximum atomic E-state index is 10.9. The minimum Gasteiger partial charge on any atom is -0.345 e. The summed E-state index contributed by atoms with van der Waals surface area (Å²) >= 11 is 0. The van der Waals surface area contributed by atoms with E-state index < -0.39 is 11.7 Å². The van der Waals surface area contributed by atoms with Crippen LogP contribution in [-0.2, 0) is 16.1 Å². The first-order valence-corrected chi connectivity index (χ1v) is 4.03. The monoisotopic (exact) mass is 177 g/mol. The molecule has 0 aliphatic heterocycles. The number of benzene rings is 1. The average molecular weight is 177 g/mol. The smallest absolute Gasteiger partial charge is 0.287 e. The van der Waals surface area contributed by atoms with Crippen LogP contribution in [0.1, 0.15) is 12.5 Å². The summed E-state index contributed by atoms with van der Waals surface area (Å²) in [4.78, 5) is 21.4. The van der Waals surface area contributed by atoms with Crippen molar-refractivity contribution in [2.75, 3.05) is 0 Å². The van der Waals surface area contributed by atoms with Crippen molar-refractivity contribution in [3.63, 3.8) is 0 Å². The number of carbonyl (C=O) groups is 2. The summed E-state index contributed by atoms with van der Waals surface area (Å²) in [7, 11) is 0. The molecule has 0 radical (unpaired) electrons. The van der Waals surface area contributed by atoms with Crippen molar-refractivity contribution in [2.45, 2.75) is 13.5 Å². The summed E-state index contributed by atoms with van der Waals surface area (Å²) in [6.45, 7) is 1.65. The molecule has 0 aliphatic carbocycles. The van der Waals surface area contributed by atoms with Gasteiger partial charge in [-0.2, -0.15) is 0 Å². The average Bonchev–Trinajstić information content (AvgIpc) is 2.15. The van der Waals surface area contributed by atoms with Crippen LogP contribution in [0.15, 0.2) is 30.3 Å². The summed E-state index contributed by atoms with van der Waals surface area (Å²) < 4.78 is 0. The second-order valence-corrected chi connectivity index (χ2v) is 2.72. The molecule has 1 N–H and O–H groups in total. The highest BCUT2D eigenvalue weighted by Gasteiger charge is 2.05. The number of nitrogens with one attached hydrogen (secondary N) is 1. The van der Waals surface area contributed by atoms with Gasteiger partial charge in [0, 0.05) is 13.5 Å². The van der Waals surface area contributed by atoms with Crippen LogP contribution in [0.2, 0.25) is 0 Å². The van der Waals surface area contributed by atoms with Crippen LogP contribution in [-0.4, -0.2) is 11.7 Å². The van der Waals surface area contributed by atoms with E-state index in [1.807, 2.05) is 30.3 Å². The molecule has 0 heterocycles. The van der Waals surface area contributed by atoms with E-state index in [4.69, 9.17) is 0 Å². The van der Waals surface area contributed by atoms with Crippen molar-refractivity contribution in [3.8, 4) is 0 Å². The Morgan fingerprint density at radius 2 is 1.85 bits per heavy atom. The number of carbonyl (C=O) groups excluding carboxylic acids is 2. The summed E-state index contributed by atoms with van der Waals surface area (Å²) in [5, 5.41) is 2.51. The number of Topliss-reactive ketones (excluding diaryl/α,β-unsaturated/α-hetero) is 1. The Balaban J connectivity index is 2.44. The second kappa shape index (κ2) is 4.40. The van der Waals surface area contributed by atoms with Gasteiger partial charge >= 0.3 is 0 Å². The van der Waals surface area contributed by atoms with Crippen LogP contribution in [0.3, 0.4) is 0 Å². The molecule has 0 saturated carbocycles. The Labute approximate surface area is 76.8 Å². The first kappa shape index (κ1) is 9.45. The molecule has 3 heteroatoms. The highest BCUT2D eigenvalue weighted by molar-refractivity contribution is 6.35. The number of rotatable bonds is 3. The normalized spacial score (nSPS) is 9.31. The number of hydrogen-bond acceptors (Lipinski definition) is 2. The fraction of sp³-hybridized carbons (Fsp3) is 0.200. The van der Waals surface area contributed by atoms with Gasteiger partial charge in [0.1, 0.15) is 0 Å². The van der Waals surface area contributed by atoms with Crippen molar-refractivity contribution < 1.29 is 9.59 Å². The Bertz CT molecular complexity index is 306. The van der Waals surface area contributed by atoms with Gasteiger partial charge in [0.25, 0.3) is 5.91 Å². The van der Waals surface area contributed by atoms with E-state index in [0.717, 1.165) is 5.56 Å².